The lowest BCUT2D eigenvalue weighted by atomic mass is 10.1. The van der Waals surface area contributed by atoms with E-state index in [4.69, 9.17) is 5.73 Å². The van der Waals surface area contributed by atoms with Gasteiger partial charge in [-0.3, -0.25) is 24.1 Å². The number of anilines is 1. The van der Waals surface area contributed by atoms with Gasteiger partial charge in [-0.15, -0.1) is 0 Å². The van der Waals surface area contributed by atoms with Crippen LogP contribution in [0.2, 0.25) is 0 Å². The highest BCUT2D eigenvalue weighted by Crippen LogP contribution is 2.22. The highest BCUT2D eigenvalue weighted by Gasteiger charge is 2.29. The molecule has 3 N–H and O–H groups in total. The summed E-state index contributed by atoms with van der Waals surface area (Å²) in [5, 5.41) is 2.23. The first kappa shape index (κ1) is 18.6. The molecule has 0 saturated carbocycles. The Balaban J connectivity index is 1.76. The Bertz CT molecular complexity index is 947. The summed E-state index contributed by atoms with van der Waals surface area (Å²) in [6.45, 7) is 0.0775. The summed E-state index contributed by atoms with van der Waals surface area (Å²) in [6, 6.07) is 9.93. The molecule has 27 heavy (non-hydrogen) atoms. The lowest BCUT2D eigenvalue weighted by Crippen LogP contribution is -2.28. The van der Waals surface area contributed by atoms with Crippen molar-refractivity contribution in [3.63, 3.8) is 0 Å². The molecule has 4 amide bonds. The number of rotatable bonds is 5. The number of nitrogens with one attached hydrogen (secondary N) is 1. The van der Waals surface area contributed by atoms with Crippen molar-refractivity contribution in [2.24, 2.45) is 5.73 Å². The van der Waals surface area contributed by atoms with Gasteiger partial charge in [-0.2, -0.15) is 0 Å². The van der Waals surface area contributed by atoms with E-state index in [9.17, 15) is 23.6 Å². The van der Waals surface area contributed by atoms with Gasteiger partial charge in [0.15, 0.2) is 0 Å². The van der Waals surface area contributed by atoms with Gasteiger partial charge in [-0.1, -0.05) is 23.9 Å². The second kappa shape index (κ2) is 7.58. The molecule has 0 bridgehead atoms. The fourth-order valence-corrected chi connectivity index (χ4v) is 3.25. The van der Waals surface area contributed by atoms with E-state index in [1.54, 1.807) is 24.3 Å². The van der Waals surface area contributed by atoms with Gasteiger partial charge in [0.2, 0.25) is 5.91 Å². The number of hydrogen-bond acceptors (Lipinski definition) is 5. The molecule has 0 aliphatic carbocycles. The maximum atomic E-state index is 13.5. The van der Waals surface area contributed by atoms with Crippen LogP contribution < -0.4 is 11.1 Å². The summed E-state index contributed by atoms with van der Waals surface area (Å²) < 4.78 is 13.5. The van der Waals surface area contributed by atoms with Crippen LogP contribution in [-0.2, 0) is 11.3 Å². The van der Waals surface area contributed by atoms with Gasteiger partial charge in [-0.25, -0.2) is 4.39 Å². The molecule has 1 heterocycles. The lowest BCUT2D eigenvalue weighted by molar-refractivity contribution is -0.125. The van der Waals surface area contributed by atoms with Crippen LogP contribution in [0.3, 0.4) is 0 Å². The number of imide groups is 1. The summed E-state index contributed by atoms with van der Waals surface area (Å²) in [5.41, 5.74) is 5.87. The molecule has 0 radical (unpaired) electrons. The summed E-state index contributed by atoms with van der Waals surface area (Å²) in [5.74, 6) is -2.37. The molecule has 1 aliphatic rings. The van der Waals surface area contributed by atoms with E-state index in [0.717, 1.165) is 28.8 Å². The van der Waals surface area contributed by atoms with Crippen LogP contribution in [0.4, 0.5) is 14.9 Å². The average Bonchev–Trinajstić information content (AvgIpc) is 2.95. The zero-order valence-corrected chi connectivity index (χ0v) is 14.7. The molecule has 2 aromatic carbocycles. The number of primary amides is 1. The van der Waals surface area contributed by atoms with E-state index in [2.05, 4.69) is 5.32 Å². The molecule has 7 nitrogen and oxygen atoms in total. The zero-order chi connectivity index (χ0) is 19.6. The normalized spacial score (nSPS) is 13.7. The van der Waals surface area contributed by atoms with Crippen LogP contribution in [0.25, 0.3) is 0 Å². The average molecular weight is 387 g/mol. The number of carbonyl (C=O) groups is 4. The van der Waals surface area contributed by atoms with Crippen LogP contribution in [0.15, 0.2) is 42.5 Å². The summed E-state index contributed by atoms with van der Waals surface area (Å²) >= 11 is 0.940. The minimum atomic E-state index is -0.941. The molecule has 1 fully saturated rings. The SMILES string of the molecule is NC(=O)c1cc(NC(=O)c2cccc(CN3C(=O)CSC3=O)c2)ccc1F. The van der Waals surface area contributed by atoms with E-state index in [1.165, 1.54) is 6.07 Å². The first-order valence-corrected chi connectivity index (χ1v) is 8.80. The quantitative estimate of drug-likeness (QED) is 0.819. The lowest BCUT2D eigenvalue weighted by Gasteiger charge is -2.13. The highest BCUT2D eigenvalue weighted by atomic mass is 32.2. The maximum absolute atomic E-state index is 13.5. The fourth-order valence-electron chi connectivity index (χ4n) is 2.52. The van der Waals surface area contributed by atoms with Crippen molar-refractivity contribution in [2.45, 2.75) is 6.54 Å². The monoisotopic (exact) mass is 387 g/mol. The van der Waals surface area contributed by atoms with Crippen molar-refractivity contribution in [3.05, 3.63) is 65.0 Å². The molecular weight excluding hydrogens is 373 g/mol. The Kier molecular flexibility index (Phi) is 5.22. The number of halogens is 1. The van der Waals surface area contributed by atoms with Gasteiger partial charge < -0.3 is 11.1 Å². The van der Waals surface area contributed by atoms with Crippen LogP contribution in [0.1, 0.15) is 26.3 Å². The number of nitrogens with zero attached hydrogens (tertiary/aromatic N) is 1. The Hall–Kier alpha value is -3.20. The molecule has 2 aromatic rings. The Labute approximate surface area is 157 Å². The van der Waals surface area contributed by atoms with Gasteiger partial charge in [0.25, 0.3) is 17.1 Å². The minimum Gasteiger partial charge on any atom is -0.366 e. The number of amides is 4. The number of benzene rings is 2. The first-order valence-electron chi connectivity index (χ1n) is 7.82. The standard InChI is InChI=1S/C18H14FN3O4S/c19-14-5-4-12(7-13(14)16(20)24)21-17(25)11-3-1-2-10(6-11)8-22-15(23)9-27-18(22)26/h1-7H,8-9H2,(H2,20,24)(H,21,25). The zero-order valence-electron chi connectivity index (χ0n) is 13.9. The number of carbonyl (C=O) groups excluding carboxylic acids is 4. The van der Waals surface area contributed by atoms with E-state index in [0.29, 0.717) is 5.56 Å². The van der Waals surface area contributed by atoms with E-state index >= 15 is 0 Å². The third kappa shape index (κ3) is 4.14. The van der Waals surface area contributed by atoms with Crippen molar-refractivity contribution in [1.82, 2.24) is 4.90 Å². The van der Waals surface area contributed by atoms with E-state index in [1.807, 2.05) is 0 Å². The molecule has 1 aliphatic heterocycles. The molecule has 9 heteroatoms. The van der Waals surface area contributed by atoms with Crippen molar-refractivity contribution >= 4 is 40.4 Å². The predicted octanol–water partition coefficient (Wildman–Crippen LogP) is 2.37. The second-order valence-electron chi connectivity index (χ2n) is 5.75. The van der Waals surface area contributed by atoms with E-state index < -0.39 is 17.6 Å². The van der Waals surface area contributed by atoms with Gasteiger partial charge in [-0.05, 0) is 35.9 Å². The van der Waals surface area contributed by atoms with Crippen molar-refractivity contribution < 1.29 is 23.6 Å². The van der Waals surface area contributed by atoms with Gasteiger partial charge >= 0.3 is 0 Å². The highest BCUT2D eigenvalue weighted by molar-refractivity contribution is 8.14. The largest absolute Gasteiger partial charge is 0.366 e. The van der Waals surface area contributed by atoms with Crippen molar-refractivity contribution in [2.75, 3.05) is 11.1 Å². The van der Waals surface area contributed by atoms with Crippen LogP contribution in [-0.4, -0.2) is 33.6 Å². The molecule has 0 aromatic heterocycles. The first-order chi connectivity index (χ1) is 12.8. The van der Waals surface area contributed by atoms with Crippen LogP contribution in [0, 0.1) is 5.82 Å². The molecular formula is C18H14FN3O4S. The predicted molar refractivity (Wildman–Crippen MR) is 97.7 cm³/mol. The Morgan fingerprint density at radius 2 is 1.96 bits per heavy atom. The van der Waals surface area contributed by atoms with Gasteiger partial charge in [0.05, 0.1) is 17.9 Å². The van der Waals surface area contributed by atoms with Crippen LogP contribution >= 0.6 is 11.8 Å². The molecule has 1 saturated heterocycles. The summed E-state index contributed by atoms with van der Waals surface area (Å²) in [4.78, 5) is 48.1. The summed E-state index contributed by atoms with van der Waals surface area (Å²) in [7, 11) is 0. The molecule has 138 valence electrons. The van der Waals surface area contributed by atoms with Crippen molar-refractivity contribution in [1.29, 1.82) is 0 Å². The fraction of sp³-hybridized carbons (Fsp3) is 0.111. The van der Waals surface area contributed by atoms with Crippen molar-refractivity contribution in [3.8, 4) is 0 Å². The summed E-state index contributed by atoms with van der Waals surface area (Å²) in [6.07, 6.45) is 0. The topological polar surface area (TPSA) is 110 Å². The Morgan fingerprint density at radius 3 is 2.63 bits per heavy atom. The third-order valence-corrected chi connectivity index (χ3v) is 4.72. The minimum absolute atomic E-state index is 0.0775. The molecule has 0 atom stereocenters. The molecule has 0 unspecified atom stereocenters. The van der Waals surface area contributed by atoms with Crippen LogP contribution in [0.5, 0.6) is 0 Å². The second-order valence-corrected chi connectivity index (χ2v) is 6.67. The Morgan fingerprint density at radius 1 is 1.19 bits per heavy atom. The third-order valence-electron chi connectivity index (χ3n) is 3.86. The molecule has 0 spiro atoms. The molecule has 3 rings (SSSR count). The number of thioether (sulfide) groups is 1. The maximum Gasteiger partial charge on any atom is 0.289 e. The smallest absolute Gasteiger partial charge is 0.289 e. The number of hydrogen-bond donors (Lipinski definition) is 2. The van der Waals surface area contributed by atoms with Gasteiger partial charge in [0.1, 0.15) is 5.82 Å². The van der Waals surface area contributed by atoms with E-state index in [-0.39, 0.29) is 40.3 Å². The van der Waals surface area contributed by atoms with Gasteiger partial charge in [0, 0.05) is 11.3 Å². The number of nitrogens with two attached hydrogens (primary N) is 1.